The Labute approximate surface area is 476 Å². The number of carbonyl (C=O) groups is 6. The summed E-state index contributed by atoms with van der Waals surface area (Å²) in [7, 11) is -6.12. The predicted molar refractivity (Wildman–Crippen MR) is 300 cm³/mol. The molecule has 0 bridgehead atoms. The molecule has 21 nitrogen and oxygen atoms in total. The Morgan fingerprint density at radius 1 is 0.525 bits per heavy atom. The van der Waals surface area contributed by atoms with Crippen LogP contribution in [0, 0.1) is 24.7 Å². The monoisotopic (exact) mass is 1130 g/mol. The molecule has 0 heterocycles. The number of hydrogen-bond donors (Lipinski definition) is 4. The molecule has 2 amide bonds. The molecular weight excluding hydrogens is 1070 g/mol. The van der Waals surface area contributed by atoms with Crippen LogP contribution in [-0.2, 0) is 58.3 Å². The predicted octanol–water partition coefficient (Wildman–Crippen LogP) is 3.77. The maximum Gasteiger partial charge on any atom is 1.00 e. The van der Waals surface area contributed by atoms with E-state index < -0.39 is 63.1 Å². The van der Waals surface area contributed by atoms with Crippen molar-refractivity contribution in [1.29, 1.82) is 0 Å². The number of ether oxygens (including phenoxy) is 2. The number of hydrogen-bond acceptors (Lipinski definition) is 15. The summed E-state index contributed by atoms with van der Waals surface area (Å²) in [6.07, 6.45) is 11.1. The minimum Gasteiger partial charge on any atom is -0.870 e. The first-order valence-electron chi connectivity index (χ1n) is 23.8. The van der Waals surface area contributed by atoms with Crippen molar-refractivity contribution in [3.8, 4) is 24.7 Å². The van der Waals surface area contributed by atoms with Gasteiger partial charge >= 0.3 is 42.7 Å². The Morgan fingerprint density at radius 3 is 1.19 bits per heavy atom. The second-order valence-corrected chi connectivity index (χ2v) is 21.2. The largest absolute Gasteiger partial charge is 1.00 e. The number of anilines is 6. The first-order valence-corrected chi connectivity index (χ1v) is 26.7. The van der Waals surface area contributed by atoms with Gasteiger partial charge in [-0.15, -0.1) is 12.8 Å². The number of amides is 2. The van der Waals surface area contributed by atoms with E-state index in [1.807, 2.05) is 17.9 Å². The van der Waals surface area contributed by atoms with Crippen LogP contribution in [0.1, 0.15) is 40.5 Å². The van der Waals surface area contributed by atoms with E-state index in [-0.39, 0.29) is 89.3 Å². The topological polar surface area (TPSA) is 297 Å². The Hall–Kier alpha value is -8.56. The van der Waals surface area contributed by atoms with Gasteiger partial charge in [0.05, 0.1) is 61.3 Å². The number of nitrogens with zero attached hydrogens (tertiary/aromatic N) is 4. The van der Waals surface area contributed by atoms with Gasteiger partial charge in [0.15, 0.2) is 0 Å². The number of sulfonamides is 2. The molecule has 0 fully saturated rings. The summed E-state index contributed by atoms with van der Waals surface area (Å²) in [6.45, 7) is 5.10. The average molecular weight is 1130 g/mol. The Morgan fingerprint density at radius 2 is 0.863 bits per heavy atom. The fourth-order valence-corrected chi connectivity index (χ4v) is 11.3. The standard InChI is InChI=1S/C29H31N3O7S.C27H27N3O7S.Li.H2O/c1-6-17-31(20(2)18-28(34)38-4)26-15-16-27(25-10-8-7-9-24(25)26)32(19-29(35)39-5)40(36,37)23-13-11-22(12-14-23)30-21(3)33;1-4-15-29(18(2)16-26(32)33)24-13-14-25(23-8-6-5-7-22(23)24)30(17-27(34)35)38(36,37)21-11-9-20(10-12-21)28-19(3)31;;/h1,7-16,20H,17-19H2,2-5H3,(H,30,33);1,5-14,18H,15-17H2,2-3H3,(H,28,31)(H,32,33)(H,34,35);;1H2/q;;+1;/p-1/t20-;18-;;/m00../s1. The van der Waals surface area contributed by atoms with E-state index in [0.29, 0.717) is 44.3 Å². The van der Waals surface area contributed by atoms with E-state index in [1.165, 1.54) is 82.7 Å². The van der Waals surface area contributed by atoms with Crippen LogP contribution in [0.15, 0.2) is 131 Å². The first-order chi connectivity index (χ1) is 37.0. The zero-order valence-corrected chi connectivity index (χ0v) is 46.6. The van der Waals surface area contributed by atoms with Crippen molar-refractivity contribution < 1.29 is 89.6 Å². The maximum atomic E-state index is 13.9. The molecule has 5 N–H and O–H groups in total. The fraction of sp³-hybridized carbons (Fsp3) is 0.250. The van der Waals surface area contributed by atoms with Crippen molar-refractivity contribution >= 4 is 111 Å². The number of methoxy groups -OCH3 is 2. The zero-order chi connectivity index (χ0) is 57.5. The van der Waals surface area contributed by atoms with Crippen LogP contribution in [0.2, 0.25) is 0 Å². The molecule has 0 unspecified atom stereocenters. The quantitative estimate of drug-likeness (QED) is 0.0427. The van der Waals surface area contributed by atoms with Gasteiger partial charge in [0.2, 0.25) is 11.8 Å². The smallest absolute Gasteiger partial charge is 0.870 e. The van der Waals surface area contributed by atoms with Crippen LogP contribution in [0.5, 0.6) is 0 Å². The molecule has 0 spiro atoms. The van der Waals surface area contributed by atoms with Gasteiger partial charge in [-0.25, -0.2) is 16.8 Å². The molecule has 0 aliphatic heterocycles. The first kappa shape index (κ1) is 65.7. The van der Waals surface area contributed by atoms with Crippen LogP contribution >= 0.6 is 0 Å². The van der Waals surface area contributed by atoms with Crippen LogP contribution in [-0.4, -0.2) is 121 Å². The van der Waals surface area contributed by atoms with E-state index >= 15 is 0 Å². The summed E-state index contributed by atoms with van der Waals surface area (Å²) in [5, 5.41) is 26.3. The van der Waals surface area contributed by atoms with Crippen molar-refractivity contribution in [2.45, 2.75) is 62.4 Å². The Bertz CT molecular complexity index is 3530. The average Bonchev–Trinajstić information content (AvgIpc) is 3.44. The van der Waals surface area contributed by atoms with Crippen LogP contribution in [0.4, 0.5) is 34.1 Å². The molecule has 2 atom stereocenters. The van der Waals surface area contributed by atoms with E-state index in [0.717, 1.165) is 8.61 Å². The maximum absolute atomic E-state index is 13.9. The van der Waals surface area contributed by atoms with E-state index in [9.17, 15) is 55.8 Å². The summed E-state index contributed by atoms with van der Waals surface area (Å²) < 4.78 is 66.5. The molecule has 6 rings (SSSR count). The van der Waals surface area contributed by atoms with Crippen LogP contribution in [0.25, 0.3) is 21.5 Å². The van der Waals surface area contributed by atoms with Gasteiger partial charge in [-0.3, -0.25) is 37.4 Å². The summed E-state index contributed by atoms with van der Waals surface area (Å²) in [5.41, 5.74) is 2.46. The van der Waals surface area contributed by atoms with Crippen molar-refractivity contribution in [1.82, 2.24) is 0 Å². The summed E-state index contributed by atoms with van der Waals surface area (Å²) >= 11 is 0. The van der Waals surface area contributed by atoms with Crippen molar-refractivity contribution in [2.75, 3.05) is 69.4 Å². The number of aliphatic carboxylic acids is 2. The molecule has 416 valence electrons. The summed E-state index contributed by atoms with van der Waals surface area (Å²) in [4.78, 5) is 73.5. The molecule has 0 aliphatic rings. The molecule has 24 heteroatoms. The zero-order valence-electron chi connectivity index (χ0n) is 44.9. The number of benzene rings is 6. The molecule has 6 aromatic rings. The van der Waals surface area contributed by atoms with Crippen LogP contribution < -0.4 is 47.9 Å². The molecule has 0 radical (unpaired) electrons. The third kappa shape index (κ3) is 16.3. The Balaban J connectivity index is 0.000000410. The fourth-order valence-electron chi connectivity index (χ4n) is 8.41. The second kappa shape index (κ2) is 29.4. The van der Waals surface area contributed by atoms with Crippen molar-refractivity contribution in [3.05, 3.63) is 121 Å². The van der Waals surface area contributed by atoms with Gasteiger partial charge in [-0.1, -0.05) is 60.4 Å². The third-order valence-electron chi connectivity index (χ3n) is 12.0. The number of esters is 2. The third-order valence-corrected chi connectivity index (χ3v) is 15.5. The van der Waals surface area contributed by atoms with Gasteiger partial charge in [0.25, 0.3) is 20.0 Å². The van der Waals surface area contributed by atoms with Crippen molar-refractivity contribution in [2.24, 2.45) is 0 Å². The van der Waals surface area contributed by atoms with Gasteiger partial charge in [-0.05, 0) is 86.6 Å². The minimum absolute atomic E-state index is 0. The number of carboxylic acids is 2. The SMILES string of the molecule is C#CCN(c1ccc(N(CC(=O)O)S(=O)(=O)c2ccc(NC(C)=O)cc2)c2ccccc12)[C@@H](C)CC(=O)O.C#CCN(c1ccc(N(CC(=O)OC)S(=O)(=O)c2ccc(NC(C)=O)cc2)c2ccccc12)[C@@H](C)CC(=O)OC.[Li+].[OH-]. The minimum atomic E-state index is -4.35. The Kier molecular flexibility index (Phi) is 24.2. The van der Waals surface area contributed by atoms with E-state index in [1.54, 1.807) is 72.5 Å². The van der Waals surface area contributed by atoms with Crippen molar-refractivity contribution in [3.63, 3.8) is 0 Å². The molecular formula is C56H59LiN6O15S2. The van der Waals surface area contributed by atoms with Gasteiger partial charge in [0.1, 0.15) is 13.1 Å². The number of rotatable bonds is 22. The normalized spacial score (nSPS) is 11.4. The van der Waals surface area contributed by atoms with E-state index in [4.69, 9.17) is 22.3 Å². The van der Waals surface area contributed by atoms with Crippen LogP contribution in [0.3, 0.4) is 0 Å². The molecule has 80 heavy (non-hydrogen) atoms. The number of carbonyl (C=O) groups excluding carboxylic acids is 4. The molecule has 6 aromatic carbocycles. The number of terminal acetylenes is 2. The van der Waals surface area contributed by atoms with Gasteiger partial charge in [0, 0.05) is 70.2 Å². The number of carboxylic acid groups (broad SMARTS) is 2. The van der Waals surface area contributed by atoms with Gasteiger partial charge in [-0.2, -0.15) is 0 Å². The van der Waals surface area contributed by atoms with Gasteiger partial charge < -0.3 is 45.6 Å². The molecule has 0 aliphatic carbocycles. The molecule has 0 saturated heterocycles. The number of nitrogens with one attached hydrogen (secondary N) is 2. The molecule has 0 aromatic heterocycles. The summed E-state index contributed by atoms with van der Waals surface area (Å²) in [5.74, 6) is 1.02. The second-order valence-electron chi connectivity index (χ2n) is 17.4. The summed E-state index contributed by atoms with van der Waals surface area (Å²) in [6, 6.07) is 30.6. The molecule has 0 saturated carbocycles. The van der Waals surface area contributed by atoms with E-state index in [2.05, 4.69) is 22.5 Å². The number of fused-ring (bicyclic) bond motifs is 2.